The van der Waals surface area contributed by atoms with Crippen LogP contribution in [0.25, 0.3) is 0 Å². The minimum atomic E-state index is -1.01. The first-order chi connectivity index (χ1) is 12.4. The highest BCUT2D eigenvalue weighted by molar-refractivity contribution is 6.32. The average molecular weight is 373 g/mol. The van der Waals surface area contributed by atoms with Gasteiger partial charge < -0.3 is 14.8 Å². The predicted octanol–water partition coefficient (Wildman–Crippen LogP) is 3.79. The molecule has 0 saturated carbocycles. The molecule has 7 heteroatoms. The molecule has 0 saturated heterocycles. The number of rotatable bonds is 6. The highest BCUT2D eigenvalue weighted by Crippen LogP contribution is 2.20. The molecule has 134 valence electrons. The SMILES string of the molecule is CCOc1ccc(C(=O)OC(C)C(=O)Nc2ccc(C#N)c(Cl)c2)cc1. The molecule has 0 fully saturated rings. The molecule has 0 spiro atoms. The molecule has 0 aromatic heterocycles. The Bertz CT molecular complexity index is 844. The van der Waals surface area contributed by atoms with Crippen molar-refractivity contribution in [1.29, 1.82) is 5.26 Å². The molecule has 1 unspecified atom stereocenters. The van der Waals surface area contributed by atoms with E-state index in [4.69, 9.17) is 26.3 Å². The van der Waals surface area contributed by atoms with Crippen LogP contribution >= 0.6 is 11.6 Å². The fourth-order valence-corrected chi connectivity index (χ4v) is 2.29. The Morgan fingerprint density at radius 3 is 2.50 bits per heavy atom. The van der Waals surface area contributed by atoms with Gasteiger partial charge in [0.1, 0.15) is 11.8 Å². The van der Waals surface area contributed by atoms with Crippen molar-refractivity contribution in [3.05, 3.63) is 58.6 Å². The molecule has 2 aromatic rings. The second-order valence-electron chi connectivity index (χ2n) is 5.30. The van der Waals surface area contributed by atoms with E-state index in [1.54, 1.807) is 30.3 Å². The van der Waals surface area contributed by atoms with Gasteiger partial charge in [-0.3, -0.25) is 4.79 Å². The molecule has 0 aliphatic carbocycles. The zero-order valence-electron chi connectivity index (χ0n) is 14.3. The third kappa shape index (κ3) is 4.98. The number of carbonyl (C=O) groups is 2. The number of esters is 1. The number of amides is 1. The molecule has 6 nitrogen and oxygen atoms in total. The van der Waals surface area contributed by atoms with Crippen LogP contribution in [-0.2, 0) is 9.53 Å². The summed E-state index contributed by atoms with van der Waals surface area (Å²) in [6.07, 6.45) is -1.01. The molecular weight excluding hydrogens is 356 g/mol. The van der Waals surface area contributed by atoms with E-state index >= 15 is 0 Å². The van der Waals surface area contributed by atoms with Gasteiger partial charge in [-0.15, -0.1) is 0 Å². The zero-order valence-corrected chi connectivity index (χ0v) is 15.0. The maximum atomic E-state index is 12.2. The number of halogens is 1. The summed E-state index contributed by atoms with van der Waals surface area (Å²) in [5.74, 6) is -0.480. The lowest BCUT2D eigenvalue weighted by Crippen LogP contribution is -2.30. The number of hydrogen-bond donors (Lipinski definition) is 1. The lowest BCUT2D eigenvalue weighted by Gasteiger charge is -2.14. The lowest BCUT2D eigenvalue weighted by molar-refractivity contribution is -0.123. The molecule has 0 aliphatic rings. The number of benzene rings is 2. The van der Waals surface area contributed by atoms with Crippen molar-refractivity contribution in [2.75, 3.05) is 11.9 Å². The monoisotopic (exact) mass is 372 g/mol. The molecule has 0 bridgehead atoms. The first kappa shape index (κ1) is 19.3. The summed E-state index contributed by atoms with van der Waals surface area (Å²) in [5.41, 5.74) is 1.03. The first-order valence-corrected chi connectivity index (χ1v) is 8.26. The maximum absolute atomic E-state index is 12.2. The highest BCUT2D eigenvalue weighted by atomic mass is 35.5. The van der Waals surface area contributed by atoms with Crippen LogP contribution in [0.1, 0.15) is 29.8 Å². The summed E-state index contributed by atoms with van der Waals surface area (Å²) in [7, 11) is 0. The average Bonchev–Trinajstić information content (AvgIpc) is 2.62. The third-order valence-corrected chi connectivity index (χ3v) is 3.72. The van der Waals surface area contributed by atoms with E-state index in [-0.39, 0.29) is 5.02 Å². The van der Waals surface area contributed by atoms with Crippen LogP contribution in [0.2, 0.25) is 5.02 Å². The van der Waals surface area contributed by atoms with E-state index in [9.17, 15) is 9.59 Å². The minimum absolute atomic E-state index is 0.226. The number of nitrogens with one attached hydrogen (secondary N) is 1. The van der Waals surface area contributed by atoms with Crippen molar-refractivity contribution in [3.63, 3.8) is 0 Å². The van der Waals surface area contributed by atoms with Gasteiger partial charge in [-0.05, 0) is 56.3 Å². The van der Waals surface area contributed by atoms with Gasteiger partial charge in [-0.1, -0.05) is 11.6 Å². The van der Waals surface area contributed by atoms with Crippen LogP contribution in [0.15, 0.2) is 42.5 Å². The van der Waals surface area contributed by atoms with Gasteiger partial charge in [-0.25, -0.2) is 4.79 Å². The van der Waals surface area contributed by atoms with Crippen molar-refractivity contribution in [2.45, 2.75) is 20.0 Å². The smallest absolute Gasteiger partial charge is 0.338 e. The first-order valence-electron chi connectivity index (χ1n) is 7.89. The van der Waals surface area contributed by atoms with E-state index in [2.05, 4.69) is 5.32 Å². The van der Waals surface area contributed by atoms with Gasteiger partial charge in [0.25, 0.3) is 5.91 Å². The lowest BCUT2D eigenvalue weighted by atomic mass is 10.2. The molecule has 2 rings (SSSR count). The van der Waals surface area contributed by atoms with Gasteiger partial charge in [0.2, 0.25) is 0 Å². The molecule has 1 atom stereocenters. The van der Waals surface area contributed by atoms with Crippen molar-refractivity contribution >= 4 is 29.2 Å². The highest BCUT2D eigenvalue weighted by Gasteiger charge is 2.19. The molecule has 1 amide bonds. The van der Waals surface area contributed by atoms with Crippen LogP contribution in [-0.4, -0.2) is 24.6 Å². The summed E-state index contributed by atoms with van der Waals surface area (Å²) in [5, 5.41) is 11.7. The summed E-state index contributed by atoms with van der Waals surface area (Å²) < 4.78 is 10.5. The van der Waals surface area contributed by atoms with E-state index in [0.29, 0.717) is 29.2 Å². The summed E-state index contributed by atoms with van der Waals surface area (Å²) in [6, 6.07) is 12.9. The van der Waals surface area contributed by atoms with E-state index in [0.717, 1.165) is 0 Å². The quantitative estimate of drug-likeness (QED) is 0.779. The van der Waals surface area contributed by atoms with E-state index in [1.165, 1.54) is 19.1 Å². The van der Waals surface area contributed by atoms with Crippen LogP contribution < -0.4 is 10.1 Å². The number of ether oxygens (including phenoxy) is 2. The van der Waals surface area contributed by atoms with E-state index < -0.39 is 18.0 Å². The van der Waals surface area contributed by atoms with Gasteiger partial charge in [0.15, 0.2) is 6.10 Å². The Balaban J connectivity index is 1.96. The Kier molecular flexibility index (Phi) is 6.59. The maximum Gasteiger partial charge on any atom is 0.338 e. The molecular formula is C19H17ClN2O4. The summed E-state index contributed by atoms with van der Waals surface area (Å²) in [6.45, 7) is 3.86. The standard InChI is InChI=1S/C19H17ClN2O4/c1-3-25-16-8-5-13(6-9-16)19(24)26-12(2)18(23)22-15-7-4-14(11-21)17(20)10-15/h4-10,12H,3H2,1-2H3,(H,22,23). The Hall–Kier alpha value is -3.04. The van der Waals surface area contributed by atoms with Crippen molar-refractivity contribution in [2.24, 2.45) is 0 Å². The van der Waals surface area contributed by atoms with Gasteiger partial charge in [0.05, 0.1) is 22.8 Å². The van der Waals surface area contributed by atoms with Crippen LogP contribution in [0.4, 0.5) is 5.69 Å². The van der Waals surface area contributed by atoms with E-state index in [1.807, 2.05) is 13.0 Å². The predicted molar refractivity (Wildman–Crippen MR) is 97.3 cm³/mol. The minimum Gasteiger partial charge on any atom is -0.494 e. The second kappa shape index (κ2) is 8.88. The van der Waals surface area contributed by atoms with Crippen molar-refractivity contribution < 1.29 is 19.1 Å². The van der Waals surface area contributed by atoms with Gasteiger partial charge in [-0.2, -0.15) is 5.26 Å². The number of nitrogens with zero attached hydrogens (tertiary/aromatic N) is 1. The fourth-order valence-electron chi connectivity index (χ4n) is 2.06. The van der Waals surface area contributed by atoms with Crippen LogP contribution in [0.5, 0.6) is 5.75 Å². The second-order valence-corrected chi connectivity index (χ2v) is 5.71. The zero-order chi connectivity index (χ0) is 19.1. The molecule has 1 N–H and O–H groups in total. The Morgan fingerprint density at radius 1 is 1.23 bits per heavy atom. The number of hydrogen-bond acceptors (Lipinski definition) is 5. The summed E-state index contributed by atoms with van der Waals surface area (Å²) >= 11 is 5.92. The topological polar surface area (TPSA) is 88.4 Å². The number of carbonyl (C=O) groups excluding carboxylic acids is 2. The van der Waals surface area contributed by atoms with Crippen molar-refractivity contribution in [1.82, 2.24) is 0 Å². The molecule has 26 heavy (non-hydrogen) atoms. The normalized spacial score (nSPS) is 11.2. The summed E-state index contributed by atoms with van der Waals surface area (Å²) in [4.78, 5) is 24.3. The largest absolute Gasteiger partial charge is 0.494 e. The molecule has 0 radical (unpaired) electrons. The third-order valence-electron chi connectivity index (χ3n) is 3.41. The molecule has 0 aliphatic heterocycles. The fraction of sp³-hybridized carbons (Fsp3) is 0.211. The Labute approximate surface area is 156 Å². The molecule has 2 aromatic carbocycles. The Morgan fingerprint density at radius 2 is 1.92 bits per heavy atom. The van der Waals surface area contributed by atoms with Gasteiger partial charge >= 0.3 is 5.97 Å². The van der Waals surface area contributed by atoms with Crippen LogP contribution in [0.3, 0.4) is 0 Å². The van der Waals surface area contributed by atoms with Crippen molar-refractivity contribution in [3.8, 4) is 11.8 Å². The number of nitriles is 1. The molecule has 0 heterocycles. The number of anilines is 1. The van der Waals surface area contributed by atoms with Crippen LogP contribution in [0, 0.1) is 11.3 Å². The van der Waals surface area contributed by atoms with Gasteiger partial charge in [0, 0.05) is 5.69 Å².